The normalized spacial score (nSPS) is 28.1. The molecule has 0 aromatic heterocycles. The molecule has 2 aliphatic carbocycles. The van der Waals surface area contributed by atoms with Crippen molar-refractivity contribution in [3.8, 4) is 0 Å². The summed E-state index contributed by atoms with van der Waals surface area (Å²) in [6, 6.07) is 0. The van der Waals surface area contributed by atoms with Gasteiger partial charge in [-0.3, -0.25) is 0 Å². The van der Waals surface area contributed by atoms with E-state index in [1.807, 2.05) is 0 Å². The Morgan fingerprint density at radius 2 is 1.32 bits per heavy atom. The lowest BCUT2D eigenvalue weighted by atomic mass is 9.67. The van der Waals surface area contributed by atoms with Crippen molar-refractivity contribution in [2.24, 2.45) is 17.1 Å². The molecule has 0 aromatic rings. The summed E-state index contributed by atoms with van der Waals surface area (Å²) < 4.78 is 0. The van der Waals surface area contributed by atoms with Gasteiger partial charge in [-0.2, -0.15) is 0 Å². The van der Waals surface area contributed by atoms with Crippen LogP contribution in [0.3, 0.4) is 0 Å². The largest absolute Gasteiger partial charge is 0.392 e. The summed E-state index contributed by atoms with van der Waals surface area (Å²) in [5, 5.41) is 11.0. The number of aliphatic hydroxyl groups is 1. The molecule has 1 unspecified atom stereocenters. The summed E-state index contributed by atoms with van der Waals surface area (Å²) in [6.07, 6.45) is 16.5. The van der Waals surface area contributed by atoms with Crippen molar-refractivity contribution >= 4 is 0 Å². The number of hydrogen-bond donors (Lipinski definition) is 2. The van der Waals surface area contributed by atoms with Gasteiger partial charge in [0, 0.05) is 12.0 Å². The maximum Gasteiger partial charge on any atom is 0.0636 e. The first kappa shape index (κ1) is 15.3. The second kappa shape index (κ2) is 7.64. The van der Waals surface area contributed by atoms with Gasteiger partial charge in [0.25, 0.3) is 0 Å². The van der Waals surface area contributed by atoms with E-state index in [2.05, 4.69) is 0 Å². The Balaban J connectivity index is 2.03. The van der Waals surface area contributed by atoms with Gasteiger partial charge in [-0.15, -0.1) is 0 Å². The molecule has 2 heteroatoms. The fourth-order valence-corrected chi connectivity index (χ4v) is 4.36. The van der Waals surface area contributed by atoms with E-state index in [1.165, 1.54) is 70.6 Å². The quantitative estimate of drug-likeness (QED) is 0.759. The van der Waals surface area contributed by atoms with Crippen LogP contribution in [0.2, 0.25) is 0 Å². The predicted molar refractivity (Wildman–Crippen MR) is 81.0 cm³/mol. The van der Waals surface area contributed by atoms with Crippen molar-refractivity contribution < 1.29 is 5.11 Å². The van der Waals surface area contributed by atoms with Crippen molar-refractivity contribution in [2.75, 3.05) is 6.54 Å². The van der Waals surface area contributed by atoms with Crippen LogP contribution in [0.4, 0.5) is 0 Å². The first-order chi connectivity index (χ1) is 9.28. The van der Waals surface area contributed by atoms with Gasteiger partial charge >= 0.3 is 0 Å². The monoisotopic (exact) mass is 267 g/mol. The first-order valence-corrected chi connectivity index (χ1v) is 8.67. The predicted octanol–water partition coefficient (Wildman–Crippen LogP) is 4.01. The molecule has 3 N–H and O–H groups in total. The highest BCUT2D eigenvalue weighted by Crippen LogP contribution is 2.42. The zero-order valence-electron chi connectivity index (χ0n) is 12.6. The second-order valence-electron chi connectivity index (χ2n) is 7.03. The summed E-state index contributed by atoms with van der Waals surface area (Å²) in [4.78, 5) is 0. The van der Waals surface area contributed by atoms with Crippen LogP contribution in [0.1, 0.15) is 83.5 Å². The number of rotatable bonds is 3. The Kier molecular flexibility index (Phi) is 6.15. The van der Waals surface area contributed by atoms with Crippen molar-refractivity contribution in [2.45, 2.75) is 89.6 Å². The van der Waals surface area contributed by atoms with E-state index < -0.39 is 0 Å². The van der Waals surface area contributed by atoms with E-state index in [0.717, 1.165) is 12.8 Å². The summed E-state index contributed by atoms with van der Waals surface area (Å²) in [5.41, 5.74) is 6.18. The van der Waals surface area contributed by atoms with Gasteiger partial charge in [0.05, 0.1) is 6.10 Å². The van der Waals surface area contributed by atoms with Gasteiger partial charge < -0.3 is 10.8 Å². The minimum atomic E-state index is -0.145. The molecular weight excluding hydrogens is 234 g/mol. The molecule has 0 bridgehead atoms. The van der Waals surface area contributed by atoms with Gasteiger partial charge in [-0.1, -0.05) is 57.8 Å². The molecule has 112 valence electrons. The van der Waals surface area contributed by atoms with E-state index >= 15 is 0 Å². The van der Waals surface area contributed by atoms with Crippen LogP contribution in [-0.4, -0.2) is 17.8 Å². The molecule has 0 amide bonds. The zero-order chi connectivity index (χ0) is 13.6. The Morgan fingerprint density at radius 3 is 1.84 bits per heavy atom. The van der Waals surface area contributed by atoms with Gasteiger partial charge in [-0.05, 0) is 31.6 Å². The highest BCUT2D eigenvalue weighted by molar-refractivity contribution is 4.92. The fraction of sp³-hybridized carbons (Fsp3) is 1.00. The smallest absolute Gasteiger partial charge is 0.0636 e. The van der Waals surface area contributed by atoms with Gasteiger partial charge in [0.15, 0.2) is 0 Å². The van der Waals surface area contributed by atoms with E-state index in [4.69, 9.17) is 5.73 Å². The molecule has 2 rings (SSSR count). The van der Waals surface area contributed by atoms with Crippen molar-refractivity contribution in [1.29, 1.82) is 0 Å². The SMILES string of the molecule is NCC1(C(O)C2CCCCCC2)CCCCCCC1. The van der Waals surface area contributed by atoms with E-state index in [0.29, 0.717) is 12.5 Å². The summed E-state index contributed by atoms with van der Waals surface area (Å²) in [6.45, 7) is 0.685. The number of aliphatic hydroxyl groups excluding tert-OH is 1. The third kappa shape index (κ3) is 3.95. The van der Waals surface area contributed by atoms with E-state index in [1.54, 1.807) is 0 Å². The maximum atomic E-state index is 11.0. The third-order valence-corrected chi connectivity index (χ3v) is 5.73. The molecular formula is C17H33NO. The molecule has 0 heterocycles. The second-order valence-corrected chi connectivity index (χ2v) is 7.03. The molecule has 1 atom stereocenters. The number of hydrogen-bond acceptors (Lipinski definition) is 2. The molecule has 19 heavy (non-hydrogen) atoms. The van der Waals surface area contributed by atoms with Crippen LogP contribution in [-0.2, 0) is 0 Å². The molecule has 0 radical (unpaired) electrons. The fourth-order valence-electron chi connectivity index (χ4n) is 4.36. The molecule has 0 saturated heterocycles. The Hall–Kier alpha value is -0.0800. The van der Waals surface area contributed by atoms with Gasteiger partial charge in [0.2, 0.25) is 0 Å². The lowest BCUT2D eigenvalue weighted by Gasteiger charge is -2.42. The first-order valence-electron chi connectivity index (χ1n) is 8.67. The molecule has 2 nitrogen and oxygen atoms in total. The highest BCUT2D eigenvalue weighted by atomic mass is 16.3. The van der Waals surface area contributed by atoms with Crippen LogP contribution < -0.4 is 5.73 Å². The van der Waals surface area contributed by atoms with Crippen LogP contribution in [0.5, 0.6) is 0 Å². The average molecular weight is 267 g/mol. The van der Waals surface area contributed by atoms with E-state index in [-0.39, 0.29) is 11.5 Å². The zero-order valence-corrected chi connectivity index (χ0v) is 12.6. The van der Waals surface area contributed by atoms with Crippen LogP contribution >= 0.6 is 0 Å². The molecule has 0 aliphatic heterocycles. The third-order valence-electron chi connectivity index (χ3n) is 5.73. The number of nitrogens with two attached hydrogens (primary N) is 1. The average Bonchev–Trinajstić information content (AvgIpc) is 2.67. The minimum Gasteiger partial charge on any atom is -0.392 e. The molecule has 0 spiro atoms. The Labute approximate surface area is 119 Å². The Morgan fingerprint density at radius 1 is 0.842 bits per heavy atom. The van der Waals surface area contributed by atoms with Crippen LogP contribution in [0.15, 0.2) is 0 Å². The summed E-state index contributed by atoms with van der Waals surface area (Å²) in [5.74, 6) is 0.519. The molecule has 0 aromatic carbocycles. The van der Waals surface area contributed by atoms with E-state index in [9.17, 15) is 5.11 Å². The highest BCUT2D eigenvalue weighted by Gasteiger charge is 2.40. The molecule has 2 fully saturated rings. The molecule has 2 aliphatic rings. The van der Waals surface area contributed by atoms with Crippen molar-refractivity contribution in [1.82, 2.24) is 0 Å². The lowest BCUT2D eigenvalue weighted by Crippen LogP contribution is -2.46. The standard InChI is InChI=1S/C17H33NO/c18-14-17(12-8-4-1-5-9-13-17)16(19)15-10-6-2-3-7-11-15/h15-16,19H,1-14,18H2. The minimum absolute atomic E-state index is 0.0371. The van der Waals surface area contributed by atoms with Crippen LogP contribution in [0.25, 0.3) is 0 Å². The molecule has 2 saturated carbocycles. The topological polar surface area (TPSA) is 46.2 Å². The maximum absolute atomic E-state index is 11.0. The Bertz CT molecular complexity index is 238. The van der Waals surface area contributed by atoms with Crippen LogP contribution in [0, 0.1) is 11.3 Å². The summed E-state index contributed by atoms with van der Waals surface area (Å²) >= 11 is 0. The van der Waals surface area contributed by atoms with Crippen molar-refractivity contribution in [3.05, 3.63) is 0 Å². The lowest BCUT2D eigenvalue weighted by molar-refractivity contribution is -0.0349. The van der Waals surface area contributed by atoms with Gasteiger partial charge in [-0.25, -0.2) is 0 Å². The van der Waals surface area contributed by atoms with Crippen molar-refractivity contribution in [3.63, 3.8) is 0 Å². The summed E-state index contributed by atoms with van der Waals surface area (Å²) in [7, 11) is 0. The van der Waals surface area contributed by atoms with Gasteiger partial charge in [0.1, 0.15) is 0 Å².